The molecule has 1 fully saturated rings. The molecule has 11 heteroatoms. The Morgan fingerprint density at radius 2 is 1.85 bits per heavy atom. The van der Waals surface area contributed by atoms with Crippen LogP contribution in [0.5, 0.6) is 11.5 Å². The number of amides is 1. The molecular weight excluding hydrogens is 534 g/mol. The minimum absolute atomic E-state index is 0.186. The normalized spacial score (nSPS) is 15.0. The van der Waals surface area contributed by atoms with E-state index >= 15 is 0 Å². The molecule has 0 radical (unpaired) electrons. The molecule has 1 saturated heterocycles. The Bertz CT molecular complexity index is 1490. The van der Waals surface area contributed by atoms with Crippen molar-refractivity contribution < 1.29 is 28.7 Å². The van der Waals surface area contributed by atoms with Crippen molar-refractivity contribution in [3.8, 4) is 11.5 Å². The number of carbonyl (C=O) groups excluding carboxylic acids is 2. The Morgan fingerprint density at radius 3 is 2.52 bits per heavy atom. The van der Waals surface area contributed by atoms with Gasteiger partial charge in [-0.3, -0.25) is 19.8 Å². The standard InChI is InChI=1S/C29H27N3O7S/c1-4-31-27(33)26(40-29(31)30-22-13-9-12-20(14-22)28(34)38-5-2)16-21-15-24(37-3)25(17-23(21)32(35)36)39-18-19-10-7-6-8-11-19/h6-17H,4-5,18H2,1-3H3. The number of hydrogen-bond donors (Lipinski definition) is 0. The maximum atomic E-state index is 13.2. The molecule has 1 amide bonds. The van der Waals surface area contributed by atoms with E-state index in [1.54, 1.807) is 38.1 Å². The van der Waals surface area contributed by atoms with Crippen LogP contribution >= 0.6 is 11.8 Å². The zero-order valence-electron chi connectivity index (χ0n) is 22.2. The van der Waals surface area contributed by atoms with Crippen LogP contribution in [0.4, 0.5) is 11.4 Å². The Balaban J connectivity index is 1.66. The van der Waals surface area contributed by atoms with Crippen molar-refractivity contribution in [3.05, 3.63) is 98.4 Å². The summed E-state index contributed by atoms with van der Waals surface area (Å²) in [5, 5.41) is 12.4. The number of methoxy groups -OCH3 is 1. The maximum absolute atomic E-state index is 13.2. The highest BCUT2D eigenvalue weighted by Crippen LogP contribution is 2.39. The van der Waals surface area contributed by atoms with Crippen LogP contribution in [0, 0.1) is 10.1 Å². The average Bonchev–Trinajstić information content (AvgIpc) is 3.25. The molecule has 0 aliphatic carbocycles. The first-order valence-electron chi connectivity index (χ1n) is 12.4. The number of hydrogen-bond acceptors (Lipinski definition) is 9. The molecule has 3 aromatic rings. The number of esters is 1. The van der Waals surface area contributed by atoms with Gasteiger partial charge in [-0.05, 0) is 61.5 Å². The molecule has 0 atom stereocenters. The van der Waals surface area contributed by atoms with E-state index in [0.29, 0.717) is 28.7 Å². The van der Waals surface area contributed by atoms with Crippen LogP contribution in [-0.2, 0) is 16.1 Å². The lowest BCUT2D eigenvalue weighted by atomic mass is 10.1. The van der Waals surface area contributed by atoms with Crippen molar-refractivity contribution in [2.75, 3.05) is 20.3 Å². The van der Waals surface area contributed by atoms with Gasteiger partial charge in [-0.2, -0.15) is 0 Å². The lowest BCUT2D eigenvalue weighted by Gasteiger charge is -2.12. The van der Waals surface area contributed by atoms with Crippen molar-refractivity contribution >= 4 is 46.3 Å². The predicted octanol–water partition coefficient (Wildman–Crippen LogP) is 5.98. The fraction of sp³-hybridized carbons (Fsp3) is 0.207. The predicted molar refractivity (Wildman–Crippen MR) is 153 cm³/mol. The molecule has 0 N–H and O–H groups in total. The third kappa shape index (κ3) is 6.49. The highest BCUT2D eigenvalue weighted by atomic mass is 32.2. The molecule has 1 aliphatic heterocycles. The topological polar surface area (TPSA) is 121 Å². The van der Waals surface area contributed by atoms with Gasteiger partial charge < -0.3 is 14.2 Å². The molecule has 0 saturated carbocycles. The van der Waals surface area contributed by atoms with E-state index in [1.165, 1.54) is 30.2 Å². The number of nitrogens with zero attached hydrogens (tertiary/aromatic N) is 3. The SMILES string of the molecule is CCOC(=O)c1cccc(N=C2SC(=Cc3cc(OC)c(OCc4ccccc4)cc3[N+](=O)[O-])C(=O)N2CC)c1. The van der Waals surface area contributed by atoms with E-state index in [2.05, 4.69) is 4.99 Å². The van der Waals surface area contributed by atoms with Crippen molar-refractivity contribution in [1.29, 1.82) is 0 Å². The highest BCUT2D eigenvalue weighted by molar-refractivity contribution is 8.18. The average molecular weight is 562 g/mol. The van der Waals surface area contributed by atoms with E-state index < -0.39 is 10.9 Å². The van der Waals surface area contributed by atoms with Gasteiger partial charge >= 0.3 is 5.97 Å². The molecule has 0 bridgehead atoms. The fourth-order valence-corrected chi connectivity index (χ4v) is 4.94. The molecule has 0 spiro atoms. The Labute approximate surface area is 235 Å². The van der Waals surface area contributed by atoms with Gasteiger partial charge in [-0.15, -0.1) is 0 Å². The minimum Gasteiger partial charge on any atom is -0.493 e. The number of nitro groups is 1. The summed E-state index contributed by atoms with van der Waals surface area (Å²) in [6.45, 7) is 4.30. The van der Waals surface area contributed by atoms with Crippen LogP contribution in [0.25, 0.3) is 6.08 Å². The van der Waals surface area contributed by atoms with E-state index in [0.717, 1.165) is 17.3 Å². The second kappa shape index (κ2) is 12.9. The first-order chi connectivity index (χ1) is 19.3. The van der Waals surface area contributed by atoms with Crippen LogP contribution in [-0.4, -0.2) is 47.1 Å². The fourth-order valence-electron chi connectivity index (χ4n) is 3.89. The van der Waals surface area contributed by atoms with Crippen LogP contribution in [0.1, 0.15) is 35.3 Å². The summed E-state index contributed by atoms with van der Waals surface area (Å²) >= 11 is 1.09. The zero-order chi connectivity index (χ0) is 28.6. The molecular formula is C29H27N3O7S. The van der Waals surface area contributed by atoms with Crippen LogP contribution in [0.3, 0.4) is 0 Å². The van der Waals surface area contributed by atoms with Crippen molar-refractivity contribution in [3.63, 3.8) is 0 Å². The number of amidine groups is 1. The van der Waals surface area contributed by atoms with E-state index in [9.17, 15) is 19.7 Å². The van der Waals surface area contributed by atoms with Gasteiger partial charge in [0.2, 0.25) is 0 Å². The number of carbonyl (C=O) groups is 2. The van der Waals surface area contributed by atoms with Gasteiger partial charge in [-0.1, -0.05) is 36.4 Å². The highest BCUT2D eigenvalue weighted by Gasteiger charge is 2.33. The first-order valence-corrected chi connectivity index (χ1v) is 13.3. The molecule has 206 valence electrons. The van der Waals surface area contributed by atoms with Gasteiger partial charge in [0.1, 0.15) is 6.61 Å². The molecule has 3 aromatic carbocycles. The van der Waals surface area contributed by atoms with Gasteiger partial charge in [0.25, 0.3) is 11.6 Å². The molecule has 0 aromatic heterocycles. The lowest BCUT2D eigenvalue weighted by molar-refractivity contribution is -0.385. The number of nitro benzene ring substituents is 1. The Kier molecular flexibility index (Phi) is 9.18. The summed E-state index contributed by atoms with van der Waals surface area (Å²) in [4.78, 5) is 43.1. The second-order valence-electron chi connectivity index (χ2n) is 8.42. The number of benzene rings is 3. The van der Waals surface area contributed by atoms with Crippen molar-refractivity contribution in [2.45, 2.75) is 20.5 Å². The van der Waals surface area contributed by atoms with Crippen LogP contribution in [0.2, 0.25) is 0 Å². The Morgan fingerprint density at radius 1 is 1.07 bits per heavy atom. The molecule has 4 rings (SSSR count). The van der Waals surface area contributed by atoms with E-state index in [4.69, 9.17) is 14.2 Å². The molecule has 1 heterocycles. The summed E-state index contributed by atoms with van der Waals surface area (Å²) in [5.74, 6) is -0.305. The lowest BCUT2D eigenvalue weighted by Crippen LogP contribution is -2.28. The first kappa shape index (κ1) is 28.4. The third-order valence-corrected chi connectivity index (χ3v) is 6.83. The van der Waals surface area contributed by atoms with E-state index in [1.807, 2.05) is 30.3 Å². The summed E-state index contributed by atoms with van der Waals surface area (Å²) in [5.41, 5.74) is 1.65. The smallest absolute Gasteiger partial charge is 0.338 e. The monoisotopic (exact) mass is 561 g/mol. The van der Waals surface area contributed by atoms with Gasteiger partial charge in [0.05, 0.1) is 46.4 Å². The van der Waals surface area contributed by atoms with Crippen molar-refractivity contribution in [2.24, 2.45) is 4.99 Å². The minimum atomic E-state index is -0.529. The van der Waals surface area contributed by atoms with Gasteiger partial charge in [-0.25, -0.2) is 9.79 Å². The number of likely N-dealkylation sites (N-methyl/N-ethyl adjacent to an activating group) is 1. The number of ether oxygens (including phenoxy) is 3. The summed E-state index contributed by atoms with van der Waals surface area (Å²) in [6.07, 6.45) is 1.45. The van der Waals surface area contributed by atoms with Gasteiger partial charge in [0, 0.05) is 6.54 Å². The molecule has 10 nitrogen and oxygen atoms in total. The number of rotatable bonds is 10. The maximum Gasteiger partial charge on any atom is 0.338 e. The third-order valence-electron chi connectivity index (χ3n) is 5.82. The summed E-state index contributed by atoms with van der Waals surface area (Å²) in [7, 11) is 1.44. The van der Waals surface area contributed by atoms with Crippen LogP contribution in [0.15, 0.2) is 76.6 Å². The second-order valence-corrected chi connectivity index (χ2v) is 9.43. The largest absolute Gasteiger partial charge is 0.493 e. The molecule has 1 aliphatic rings. The zero-order valence-corrected chi connectivity index (χ0v) is 23.0. The summed E-state index contributed by atoms with van der Waals surface area (Å²) < 4.78 is 16.3. The van der Waals surface area contributed by atoms with Crippen LogP contribution < -0.4 is 9.47 Å². The number of thioether (sulfide) groups is 1. The summed E-state index contributed by atoms with van der Waals surface area (Å²) in [6, 6.07) is 18.8. The van der Waals surface area contributed by atoms with E-state index in [-0.39, 0.29) is 41.0 Å². The molecule has 0 unspecified atom stereocenters. The van der Waals surface area contributed by atoms with Crippen molar-refractivity contribution in [1.82, 2.24) is 4.90 Å². The Hall–Kier alpha value is -4.64. The quantitative estimate of drug-likeness (QED) is 0.128. The number of aliphatic imine (C=N–C) groups is 1. The van der Waals surface area contributed by atoms with Gasteiger partial charge in [0.15, 0.2) is 16.7 Å². The molecule has 40 heavy (non-hydrogen) atoms.